The normalized spacial score (nSPS) is 21.0. The van der Waals surface area contributed by atoms with Crippen molar-refractivity contribution in [3.63, 3.8) is 0 Å². The number of nitrogens with zero attached hydrogens (tertiary/aromatic N) is 1. The SMILES string of the molecule is Cc1ccc(-c2ccc(C3COCC3NS(=O)(=O)C(C)C)cc2)cn1. The number of ether oxygens (including phenoxy) is 1. The predicted molar refractivity (Wildman–Crippen MR) is 98.9 cm³/mol. The van der Waals surface area contributed by atoms with Gasteiger partial charge in [-0.05, 0) is 38.0 Å². The van der Waals surface area contributed by atoms with Crippen LogP contribution in [0.1, 0.15) is 31.0 Å². The van der Waals surface area contributed by atoms with Gasteiger partial charge < -0.3 is 4.74 Å². The predicted octanol–water partition coefficient (Wildman–Crippen LogP) is 2.87. The van der Waals surface area contributed by atoms with E-state index in [-0.39, 0.29) is 12.0 Å². The molecule has 1 fully saturated rings. The van der Waals surface area contributed by atoms with Gasteiger partial charge in [-0.2, -0.15) is 0 Å². The van der Waals surface area contributed by atoms with E-state index in [4.69, 9.17) is 4.74 Å². The quantitative estimate of drug-likeness (QED) is 0.890. The molecule has 1 saturated heterocycles. The average molecular weight is 360 g/mol. The topological polar surface area (TPSA) is 68.3 Å². The molecule has 6 heteroatoms. The Labute approximate surface area is 149 Å². The smallest absolute Gasteiger partial charge is 0.214 e. The molecule has 2 unspecified atom stereocenters. The van der Waals surface area contributed by atoms with Crippen molar-refractivity contribution < 1.29 is 13.2 Å². The van der Waals surface area contributed by atoms with Crippen molar-refractivity contribution in [3.05, 3.63) is 53.9 Å². The molecule has 0 amide bonds. The number of hydrogen-bond acceptors (Lipinski definition) is 4. The molecule has 1 aromatic heterocycles. The maximum absolute atomic E-state index is 12.2. The van der Waals surface area contributed by atoms with Crippen LogP contribution in [0.4, 0.5) is 0 Å². The van der Waals surface area contributed by atoms with Crippen molar-refractivity contribution in [1.82, 2.24) is 9.71 Å². The van der Waals surface area contributed by atoms with E-state index in [9.17, 15) is 8.42 Å². The second-order valence-corrected chi connectivity index (χ2v) is 9.04. The largest absolute Gasteiger partial charge is 0.379 e. The third-order valence-electron chi connectivity index (χ3n) is 4.60. The summed E-state index contributed by atoms with van der Waals surface area (Å²) in [4.78, 5) is 4.33. The van der Waals surface area contributed by atoms with E-state index in [0.717, 1.165) is 22.4 Å². The van der Waals surface area contributed by atoms with E-state index in [0.29, 0.717) is 13.2 Å². The zero-order valence-corrected chi connectivity index (χ0v) is 15.6. The van der Waals surface area contributed by atoms with Gasteiger partial charge in [0.2, 0.25) is 10.0 Å². The summed E-state index contributed by atoms with van der Waals surface area (Å²) in [7, 11) is -3.32. The highest BCUT2D eigenvalue weighted by Gasteiger charge is 2.33. The minimum atomic E-state index is -3.32. The summed E-state index contributed by atoms with van der Waals surface area (Å²) in [6, 6.07) is 12.0. The summed E-state index contributed by atoms with van der Waals surface area (Å²) >= 11 is 0. The van der Waals surface area contributed by atoms with Gasteiger partial charge in [-0.3, -0.25) is 4.98 Å². The van der Waals surface area contributed by atoms with Gasteiger partial charge >= 0.3 is 0 Å². The van der Waals surface area contributed by atoms with E-state index in [1.54, 1.807) is 13.8 Å². The van der Waals surface area contributed by atoms with Crippen molar-refractivity contribution in [1.29, 1.82) is 0 Å². The molecule has 0 spiro atoms. The van der Waals surface area contributed by atoms with E-state index in [1.807, 2.05) is 43.5 Å². The molecule has 0 radical (unpaired) electrons. The van der Waals surface area contributed by atoms with Crippen molar-refractivity contribution in [2.45, 2.75) is 38.0 Å². The molecule has 1 aromatic carbocycles. The molecule has 2 aromatic rings. The highest BCUT2D eigenvalue weighted by molar-refractivity contribution is 7.90. The lowest BCUT2D eigenvalue weighted by atomic mass is 9.93. The lowest BCUT2D eigenvalue weighted by molar-refractivity contribution is 0.189. The standard InChI is InChI=1S/C19H24N2O3S/c1-13(2)25(22,23)21-19-12-24-11-18(19)16-8-6-15(7-9-16)17-5-4-14(3)20-10-17/h4-10,13,18-19,21H,11-12H2,1-3H3. The Balaban J connectivity index is 1.78. The third kappa shape index (κ3) is 4.08. The van der Waals surface area contributed by atoms with Crippen LogP contribution in [0.2, 0.25) is 0 Å². The fourth-order valence-electron chi connectivity index (χ4n) is 2.91. The summed E-state index contributed by atoms with van der Waals surface area (Å²) in [6.45, 7) is 6.25. The van der Waals surface area contributed by atoms with Crippen molar-refractivity contribution in [3.8, 4) is 11.1 Å². The number of hydrogen-bond donors (Lipinski definition) is 1. The Morgan fingerprint density at radius 2 is 1.76 bits per heavy atom. The zero-order chi connectivity index (χ0) is 18.0. The molecule has 0 aliphatic carbocycles. The van der Waals surface area contributed by atoms with Crippen molar-refractivity contribution in [2.75, 3.05) is 13.2 Å². The molecule has 0 saturated carbocycles. The molecule has 2 atom stereocenters. The van der Waals surface area contributed by atoms with E-state index in [2.05, 4.69) is 15.8 Å². The van der Waals surface area contributed by atoms with E-state index < -0.39 is 15.3 Å². The molecule has 5 nitrogen and oxygen atoms in total. The molecule has 1 aliphatic rings. The molecule has 1 N–H and O–H groups in total. The third-order valence-corrected chi connectivity index (χ3v) is 6.47. The zero-order valence-electron chi connectivity index (χ0n) is 14.8. The molecule has 0 bridgehead atoms. The van der Waals surface area contributed by atoms with Crippen LogP contribution >= 0.6 is 0 Å². The van der Waals surface area contributed by atoms with Gasteiger partial charge in [0.05, 0.1) is 24.5 Å². The fraction of sp³-hybridized carbons (Fsp3) is 0.421. The Kier molecular flexibility index (Phi) is 5.22. The van der Waals surface area contributed by atoms with Crippen LogP contribution in [-0.2, 0) is 14.8 Å². The highest BCUT2D eigenvalue weighted by Crippen LogP contribution is 2.29. The Hall–Kier alpha value is -1.76. The summed E-state index contributed by atoms with van der Waals surface area (Å²) in [6.07, 6.45) is 1.86. The molecular formula is C19H24N2O3S. The van der Waals surface area contributed by atoms with Crippen LogP contribution in [0.25, 0.3) is 11.1 Å². The van der Waals surface area contributed by atoms with Gasteiger partial charge in [0.15, 0.2) is 0 Å². The summed E-state index contributed by atoms with van der Waals surface area (Å²) in [5, 5.41) is -0.454. The number of pyridine rings is 1. The Bertz CT molecular complexity index is 815. The van der Waals surface area contributed by atoms with Crippen molar-refractivity contribution in [2.24, 2.45) is 0 Å². The fourth-order valence-corrected chi connectivity index (χ4v) is 3.83. The van der Waals surface area contributed by atoms with Crippen LogP contribution in [0.15, 0.2) is 42.6 Å². The van der Waals surface area contributed by atoms with Crippen LogP contribution in [0.3, 0.4) is 0 Å². The number of sulfonamides is 1. The second-order valence-electron chi connectivity index (χ2n) is 6.77. The van der Waals surface area contributed by atoms with Crippen LogP contribution in [0.5, 0.6) is 0 Å². The molecule has 2 heterocycles. The van der Waals surface area contributed by atoms with Gasteiger partial charge in [0.1, 0.15) is 0 Å². The first-order valence-corrected chi connectivity index (χ1v) is 10.0. The van der Waals surface area contributed by atoms with E-state index in [1.165, 1.54) is 0 Å². The first kappa shape index (κ1) is 18.0. The first-order chi connectivity index (χ1) is 11.9. The number of rotatable bonds is 5. The number of benzene rings is 1. The van der Waals surface area contributed by atoms with Gasteiger partial charge in [-0.15, -0.1) is 0 Å². The monoisotopic (exact) mass is 360 g/mol. The molecule has 134 valence electrons. The minimum Gasteiger partial charge on any atom is -0.379 e. The van der Waals surface area contributed by atoms with E-state index >= 15 is 0 Å². The summed E-state index contributed by atoms with van der Waals surface area (Å²) in [5.74, 6) is 0.0266. The molecular weight excluding hydrogens is 336 g/mol. The Morgan fingerprint density at radius 3 is 2.36 bits per heavy atom. The first-order valence-electron chi connectivity index (χ1n) is 8.48. The number of aromatic nitrogens is 1. The summed E-state index contributed by atoms with van der Waals surface area (Å²) in [5.41, 5.74) is 4.23. The van der Waals surface area contributed by atoms with Crippen LogP contribution in [0, 0.1) is 6.92 Å². The van der Waals surface area contributed by atoms with Gasteiger partial charge in [-0.1, -0.05) is 30.3 Å². The van der Waals surface area contributed by atoms with Gasteiger partial charge in [0, 0.05) is 23.4 Å². The lowest BCUT2D eigenvalue weighted by Crippen LogP contribution is -2.42. The molecule has 3 rings (SSSR count). The highest BCUT2D eigenvalue weighted by atomic mass is 32.2. The lowest BCUT2D eigenvalue weighted by Gasteiger charge is -2.21. The number of aryl methyl sites for hydroxylation is 1. The average Bonchev–Trinajstić information content (AvgIpc) is 3.03. The molecule has 1 aliphatic heterocycles. The number of nitrogens with one attached hydrogen (secondary N) is 1. The Morgan fingerprint density at radius 1 is 1.08 bits per heavy atom. The molecule has 25 heavy (non-hydrogen) atoms. The van der Waals surface area contributed by atoms with Crippen LogP contribution < -0.4 is 4.72 Å². The minimum absolute atomic E-state index is 0.0266. The maximum Gasteiger partial charge on any atom is 0.214 e. The van der Waals surface area contributed by atoms with Crippen LogP contribution in [-0.4, -0.2) is 37.9 Å². The summed E-state index contributed by atoms with van der Waals surface area (Å²) < 4.78 is 32.6. The van der Waals surface area contributed by atoms with Gasteiger partial charge in [-0.25, -0.2) is 13.1 Å². The van der Waals surface area contributed by atoms with Gasteiger partial charge in [0.25, 0.3) is 0 Å². The second kappa shape index (κ2) is 7.23. The maximum atomic E-state index is 12.2. The van der Waals surface area contributed by atoms with Crippen molar-refractivity contribution >= 4 is 10.0 Å².